The van der Waals surface area contributed by atoms with Crippen molar-refractivity contribution in [2.45, 2.75) is 50.2 Å². The van der Waals surface area contributed by atoms with Crippen LogP contribution in [0.5, 0.6) is 5.75 Å². The molecule has 3 aromatic rings. The smallest absolute Gasteiger partial charge is 0.255 e. The SMILES string of the molecule is [2H]C([2H])([2H])n1ccc(-c2cccc(CN3CCC4(CC3)COc3c4ccc4c3CN([C@H]3CCC(=O)NC3=O)C4=O)c2)n1. The maximum Gasteiger partial charge on any atom is 0.255 e. The molecule has 0 radical (unpaired) electrons. The van der Waals surface area contributed by atoms with E-state index in [0.29, 0.717) is 30.8 Å². The lowest BCUT2D eigenvalue weighted by molar-refractivity contribution is -0.136. The number of aromatic nitrogens is 2. The van der Waals surface area contributed by atoms with Crippen LogP contribution in [0, 0.1) is 0 Å². The van der Waals surface area contributed by atoms with Gasteiger partial charge in [-0.3, -0.25) is 29.3 Å². The fourth-order valence-electron chi connectivity index (χ4n) is 6.60. The predicted octanol–water partition coefficient (Wildman–Crippen LogP) is 2.77. The van der Waals surface area contributed by atoms with Crippen molar-refractivity contribution in [3.63, 3.8) is 0 Å². The van der Waals surface area contributed by atoms with Crippen LogP contribution in [0.15, 0.2) is 48.7 Å². The summed E-state index contributed by atoms with van der Waals surface area (Å²) in [6.07, 6.45) is 3.89. The van der Waals surface area contributed by atoms with Crippen LogP contribution < -0.4 is 10.1 Å². The molecular formula is C30H31N5O4. The lowest BCUT2D eigenvalue weighted by Gasteiger charge is -2.38. The summed E-state index contributed by atoms with van der Waals surface area (Å²) in [5.74, 6) is -0.111. The first-order chi connectivity index (χ1) is 20.1. The molecule has 2 saturated heterocycles. The Morgan fingerprint density at radius 3 is 2.82 bits per heavy atom. The van der Waals surface area contributed by atoms with Crippen molar-refractivity contribution >= 4 is 17.7 Å². The molecule has 5 heterocycles. The monoisotopic (exact) mass is 528 g/mol. The van der Waals surface area contributed by atoms with E-state index in [1.54, 1.807) is 11.0 Å². The minimum Gasteiger partial charge on any atom is -0.492 e. The zero-order chi connectivity index (χ0) is 29.2. The standard InChI is InChI=1S/C30H31N5O4/c1-33-12-9-24(32-33)20-4-2-3-19(15-20)16-34-13-10-30(11-14-34)18-39-27-22-17-35(25-7-8-26(36)31-28(25)37)29(38)21(22)5-6-23(27)30/h2-6,9,12,15,25H,7-8,10-11,13-14,16-18H2,1H3,(H,31,36,37)/t25-/m0/s1/i1D3. The molecule has 2 fully saturated rings. The van der Waals surface area contributed by atoms with Crippen LogP contribution in [-0.4, -0.2) is 63.0 Å². The van der Waals surface area contributed by atoms with Gasteiger partial charge in [0, 0.05) is 57.9 Å². The largest absolute Gasteiger partial charge is 0.492 e. The normalized spacial score (nSPS) is 23.6. The van der Waals surface area contributed by atoms with Crippen molar-refractivity contribution < 1.29 is 23.2 Å². The van der Waals surface area contributed by atoms with Gasteiger partial charge in [0.05, 0.1) is 18.8 Å². The number of nitrogens with zero attached hydrogens (tertiary/aromatic N) is 4. The third-order valence-corrected chi connectivity index (χ3v) is 8.76. The number of hydrogen-bond donors (Lipinski definition) is 1. The van der Waals surface area contributed by atoms with E-state index in [0.717, 1.165) is 65.2 Å². The van der Waals surface area contributed by atoms with E-state index in [9.17, 15) is 14.4 Å². The van der Waals surface area contributed by atoms with Gasteiger partial charge in [0.1, 0.15) is 11.8 Å². The molecule has 9 nitrogen and oxygen atoms in total. The quantitative estimate of drug-likeness (QED) is 0.523. The van der Waals surface area contributed by atoms with E-state index in [1.165, 1.54) is 6.20 Å². The van der Waals surface area contributed by atoms with Crippen LogP contribution >= 0.6 is 0 Å². The molecule has 1 aromatic heterocycles. The third kappa shape index (κ3) is 4.03. The molecule has 1 atom stereocenters. The van der Waals surface area contributed by atoms with E-state index in [-0.39, 0.29) is 23.7 Å². The Hall–Kier alpha value is -3.98. The Morgan fingerprint density at radius 1 is 1.15 bits per heavy atom. The highest BCUT2D eigenvalue weighted by Gasteiger charge is 2.47. The summed E-state index contributed by atoms with van der Waals surface area (Å²) in [6.45, 7) is 1.13. The number of rotatable bonds is 4. The van der Waals surface area contributed by atoms with E-state index in [1.807, 2.05) is 24.3 Å². The Bertz CT molecular complexity index is 1610. The number of fused-ring (bicyclic) bond motifs is 4. The molecular weight excluding hydrogens is 494 g/mol. The second-order valence-electron chi connectivity index (χ2n) is 11.1. The van der Waals surface area contributed by atoms with Crippen LogP contribution in [0.2, 0.25) is 0 Å². The van der Waals surface area contributed by atoms with Crippen LogP contribution in [0.1, 0.15) is 56.8 Å². The van der Waals surface area contributed by atoms with Crippen LogP contribution in [-0.2, 0) is 35.1 Å². The number of nitrogens with one attached hydrogen (secondary N) is 1. The van der Waals surface area contributed by atoms with Gasteiger partial charge in [0.2, 0.25) is 11.8 Å². The molecule has 3 amide bonds. The van der Waals surface area contributed by atoms with E-state index in [2.05, 4.69) is 27.4 Å². The van der Waals surface area contributed by atoms with Crippen LogP contribution in [0.3, 0.4) is 0 Å². The summed E-state index contributed by atoms with van der Waals surface area (Å²) < 4.78 is 30.0. The van der Waals surface area contributed by atoms with Crippen LogP contribution in [0.4, 0.5) is 0 Å². The fraction of sp³-hybridized carbons (Fsp3) is 0.400. The van der Waals surface area contributed by atoms with Crippen molar-refractivity contribution in [1.29, 1.82) is 0 Å². The van der Waals surface area contributed by atoms with Gasteiger partial charge in [-0.05, 0) is 56.1 Å². The molecule has 4 aliphatic rings. The van der Waals surface area contributed by atoms with Gasteiger partial charge < -0.3 is 9.64 Å². The highest BCUT2D eigenvalue weighted by molar-refractivity contribution is 6.05. The fourth-order valence-corrected chi connectivity index (χ4v) is 6.60. The summed E-state index contributed by atoms with van der Waals surface area (Å²) in [5.41, 5.74) is 5.11. The number of aryl methyl sites for hydroxylation is 1. The van der Waals surface area contributed by atoms with E-state index in [4.69, 9.17) is 8.85 Å². The molecule has 9 heteroatoms. The number of hydrogen-bond acceptors (Lipinski definition) is 6. The summed E-state index contributed by atoms with van der Waals surface area (Å²) >= 11 is 0. The highest BCUT2D eigenvalue weighted by Crippen LogP contribution is 2.49. The summed E-state index contributed by atoms with van der Waals surface area (Å²) in [6, 6.07) is 13.1. The van der Waals surface area contributed by atoms with Gasteiger partial charge in [0.15, 0.2) is 0 Å². The van der Waals surface area contributed by atoms with Crippen molar-refractivity contribution in [1.82, 2.24) is 24.9 Å². The number of amides is 3. The average molecular weight is 529 g/mol. The lowest BCUT2D eigenvalue weighted by Crippen LogP contribution is -2.52. The summed E-state index contributed by atoms with van der Waals surface area (Å²) in [5, 5.41) is 6.61. The zero-order valence-corrected chi connectivity index (χ0v) is 21.5. The van der Waals surface area contributed by atoms with Gasteiger partial charge in [-0.1, -0.05) is 24.3 Å². The molecule has 0 aliphatic carbocycles. The summed E-state index contributed by atoms with van der Waals surface area (Å²) in [7, 11) is 0. The molecule has 1 spiro atoms. The number of carbonyl (C=O) groups excluding carboxylic acids is 3. The Labute approximate surface area is 230 Å². The maximum absolute atomic E-state index is 13.2. The minimum atomic E-state index is -2.30. The van der Waals surface area contributed by atoms with E-state index < -0.39 is 18.9 Å². The maximum atomic E-state index is 13.2. The molecule has 200 valence electrons. The van der Waals surface area contributed by atoms with Gasteiger partial charge in [-0.25, -0.2) is 0 Å². The molecule has 4 aliphatic heterocycles. The zero-order valence-electron chi connectivity index (χ0n) is 24.5. The molecule has 0 unspecified atom stereocenters. The molecule has 7 rings (SSSR count). The third-order valence-electron chi connectivity index (χ3n) is 8.76. The Morgan fingerprint density at radius 2 is 2.03 bits per heavy atom. The molecule has 39 heavy (non-hydrogen) atoms. The first kappa shape index (κ1) is 20.9. The molecule has 0 saturated carbocycles. The Balaban J connectivity index is 1.04. The van der Waals surface area contributed by atoms with Gasteiger partial charge in [-0.15, -0.1) is 0 Å². The molecule has 0 bridgehead atoms. The average Bonchev–Trinajstić information content (AvgIpc) is 3.68. The van der Waals surface area contributed by atoms with Gasteiger partial charge >= 0.3 is 0 Å². The van der Waals surface area contributed by atoms with E-state index >= 15 is 0 Å². The second kappa shape index (κ2) is 9.05. The van der Waals surface area contributed by atoms with Crippen LogP contribution in [0.25, 0.3) is 11.3 Å². The van der Waals surface area contributed by atoms with Crippen molar-refractivity contribution in [3.8, 4) is 17.0 Å². The number of imide groups is 1. The lowest BCUT2D eigenvalue weighted by atomic mass is 9.74. The first-order valence-corrected chi connectivity index (χ1v) is 13.4. The highest BCUT2D eigenvalue weighted by atomic mass is 16.5. The number of piperidine rings is 2. The topological polar surface area (TPSA) is 96.8 Å². The van der Waals surface area contributed by atoms with Gasteiger partial charge in [-0.2, -0.15) is 5.10 Å². The second-order valence-corrected chi connectivity index (χ2v) is 11.1. The van der Waals surface area contributed by atoms with Crippen molar-refractivity contribution in [3.05, 3.63) is 70.9 Å². The number of ether oxygens (including phenoxy) is 1. The first-order valence-electron chi connectivity index (χ1n) is 14.9. The minimum absolute atomic E-state index is 0.115. The predicted molar refractivity (Wildman–Crippen MR) is 143 cm³/mol. The summed E-state index contributed by atoms with van der Waals surface area (Å²) in [4.78, 5) is 41.3. The number of benzene rings is 2. The van der Waals surface area contributed by atoms with Crippen molar-refractivity contribution in [2.24, 2.45) is 6.98 Å². The Kier molecular flexibility index (Phi) is 4.85. The number of carbonyl (C=O) groups is 3. The molecule has 1 N–H and O–H groups in total. The van der Waals surface area contributed by atoms with Gasteiger partial charge in [0.25, 0.3) is 5.91 Å². The van der Waals surface area contributed by atoms with Crippen molar-refractivity contribution in [2.75, 3.05) is 19.7 Å². The number of likely N-dealkylation sites (tertiary alicyclic amines) is 1. The molecule has 2 aromatic carbocycles.